The summed E-state index contributed by atoms with van der Waals surface area (Å²) in [6.45, 7) is 2.85. The molecule has 0 spiro atoms. The molecule has 0 saturated heterocycles. The number of aryl methyl sites for hydroxylation is 1. The van der Waals surface area contributed by atoms with Crippen LogP contribution in [0.3, 0.4) is 0 Å². The van der Waals surface area contributed by atoms with Gasteiger partial charge in [-0.15, -0.1) is 10.2 Å². The van der Waals surface area contributed by atoms with E-state index in [1.165, 1.54) is 0 Å². The van der Waals surface area contributed by atoms with Crippen molar-refractivity contribution >= 4 is 12.6 Å². The molecule has 43 valence electrons. The van der Waals surface area contributed by atoms with E-state index in [0.29, 0.717) is 5.16 Å². The van der Waals surface area contributed by atoms with Crippen molar-refractivity contribution in [3.8, 4) is 0 Å². The van der Waals surface area contributed by atoms with Gasteiger partial charge in [-0.3, -0.25) is 0 Å². The van der Waals surface area contributed by atoms with Crippen LogP contribution in [0.25, 0.3) is 0 Å². The first-order chi connectivity index (χ1) is 3.84. The fourth-order valence-corrected chi connectivity index (χ4v) is 0.685. The standard InChI is InChI=1S/C4H6N3S/c1-2-7-3-5-6-4(7)8/h3H,2H2,1H3. The number of hydrogen-bond donors (Lipinski definition) is 0. The first-order valence-corrected chi connectivity index (χ1v) is 2.80. The summed E-state index contributed by atoms with van der Waals surface area (Å²) in [5, 5.41) is 7.78. The topological polar surface area (TPSA) is 30.7 Å². The minimum Gasteiger partial charge on any atom is -0.305 e. The average Bonchev–Trinajstić information content (AvgIpc) is 2.14. The molecule has 0 aliphatic carbocycles. The molecule has 1 aromatic rings. The highest BCUT2D eigenvalue weighted by Gasteiger charge is 1.93. The van der Waals surface area contributed by atoms with Gasteiger partial charge in [0.25, 0.3) is 0 Å². The maximum Gasteiger partial charge on any atom is 0.221 e. The number of nitrogens with zero attached hydrogens (tertiary/aromatic N) is 3. The lowest BCUT2D eigenvalue weighted by Gasteiger charge is -1.91. The Bertz CT molecular complexity index is 172. The van der Waals surface area contributed by atoms with Crippen LogP contribution < -0.4 is 0 Å². The maximum atomic E-state index is 4.77. The van der Waals surface area contributed by atoms with Gasteiger partial charge >= 0.3 is 0 Å². The normalized spacial score (nSPS) is 9.62. The van der Waals surface area contributed by atoms with Gasteiger partial charge < -0.3 is 4.57 Å². The van der Waals surface area contributed by atoms with E-state index in [4.69, 9.17) is 12.6 Å². The zero-order valence-electron chi connectivity index (χ0n) is 4.53. The molecule has 0 aliphatic heterocycles. The SMILES string of the molecule is CCn1cnnc1[S]. The van der Waals surface area contributed by atoms with Crippen LogP contribution in [0.5, 0.6) is 0 Å². The molecule has 0 bridgehead atoms. The van der Waals surface area contributed by atoms with Gasteiger partial charge in [0.2, 0.25) is 5.16 Å². The molecular weight excluding hydrogens is 122 g/mol. The zero-order valence-corrected chi connectivity index (χ0v) is 5.35. The predicted molar refractivity (Wildman–Crippen MR) is 31.6 cm³/mol. The Labute approximate surface area is 53.1 Å². The number of rotatable bonds is 1. The van der Waals surface area contributed by atoms with Crippen LogP contribution >= 0.6 is 12.6 Å². The van der Waals surface area contributed by atoms with Crippen molar-refractivity contribution in [1.29, 1.82) is 0 Å². The molecule has 1 radical (unpaired) electrons. The summed E-state index contributed by atoms with van der Waals surface area (Å²) in [5.41, 5.74) is 0. The first kappa shape index (κ1) is 5.50. The summed E-state index contributed by atoms with van der Waals surface area (Å²) < 4.78 is 1.80. The van der Waals surface area contributed by atoms with E-state index in [2.05, 4.69) is 10.2 Å². The molecule has 4 heteroatoms. The van der Waals surface area contributed by atoms with Crippen LogP contribution in [0.4, 0.5) is 0 Å². The molecule has 1 aromatic heterocycles. The second-order valence-electron chi connectivity index (χ2n) is 1.40. The third-order valence-corrected chi connectivity index (χ3v) is 1.24. The van der Waals surface area contributed by atoms with Crippen LogP contribution in [-0.4, -0.2) is 14.8 Å². The van der Waals surface area contributed by atoms with Crippen molar-refractivity contribution in [2.45, 2.75) is 18.6 Å². The fraction of sp³-hybridized carbons (Fsp3) is 0.500. The van der Waals surface area contributed by atoms with Crippen molar-refractivity contribution in [2.75, 3.05) is 0 Å². The van der Waals surface area contributed by atoms with Gasteiger partial charge in [-0.1, -0.05) is 0 Å². The van der Waals surface area contributed by atoms with E-state index in [0.717, 1.165) is 6.54 Å². The van der Waals surface area contributed by atoms with Crippen molar-refractivity contribution in [1.82, 2.24) is 14.8 Å². The van der Waals surface area contributed by atoms with E-state index in [9.17, 15) is 0 Å². The van der Waals surface area contributed by atoms with Crippen molar-refractivity contribution in [2.24, 2.45) is 0 Å². The Balaban J connectivity index is 2.92. The molecule has 0 aliphatic rings. The molecule has 0 saturated carbocycles. The van der Waals surface area contributed by atoms with E-state index >= 15 is 0 Å². The summed E-state index contributed by atoms with van der Waals surface area (Å²) >= 11 is 4.77. The lowest BCUT2D eigenvalue weighted by molar-refractivity contribution is 0.683. The summed E-state index contributed by atoms with van der Waals surface area (Å²) in [4.78, 5) is 0. The molecule has 1 heterocycles. The van der Waals surface area contributed by atoms with E-state index in [1.54, 1.807) is 10.9 Å². The van der Waals surface area contributed by atoms with E-state index in [-0.39, 0.29) is 0 Å². The Morgan fingerprint density at radius 2 is 2.62 bits per heavy atom. The molecule has 0 atom stereocenters. The maximum absolute atomic E-state index is 4.77. The highest BCUT2D eigenvalue weighted by molar-refractivity contribution is 7.80. The van der Waals surface area contributed by atoms with Crippen LogP contribution in [0.15, 0.2) is 11.5 Å². The second-order valence-corrected chi connectivity index (χ2v) is 1.76. The summed E-state index contributed by atoms with van der Waals surface area (Å²) in [7, 11) is 0. The lowest BCUT2D eigenvalue weighted by atomic mass is 10.7. The van der Waals surface area contributed by atoms with Gasteiger partial charge in [0.1, 0.15) is 6.33 Å². The van der Waals surface area contributed by atoms with Gasteiger partial charge in [0.15, 0.2) is 0 Å². The second kappa shape index (κ2) is 2.09. The molecular formula is C4H6N3S. The van der Waals surface area contributed by atoms with Gasteiger partial charge in [0, 0.05) is 6.54 Å². The molecule has 3 nitrogen and oxygen atoms in total. The molecule has 0 amide bonds. The van der Waals surface area contributed by atoms with E-state index < -0.39 is 0 Å². The van der Waals surface area contributed by atoms with Crippen molar-refractivity contribution in [3.63, 3.8) is 0 Å². The monoisotopic (exact) mass is 128 g/mol. The van der Waals surface area contributed by atoms with Gasteiger partial charge in [-0.05, 0) is 19.6 Å². The molecule has 0 aromatic carbocycles. The largest absolute Gasteiger partial charge is 0.305 e. The Kier molecular flexibility index (Phi) is 1.43. The lowest BCUT2D eigenvalue weighted by Crippen LogP contribution is -1.90. The fourth-order valence-electron chi connectivity index (χ4n) is 0.461. The Hall–Kier alpha value is -0.640. The highest BCUT2D eigenvalue weighted by Crippen LogP contribution is 1.97. The smallest absolute Gasteiger partial charge is 0.221 e. The van der Waals surface area contributed by atoms with Crippen molar-refractivity contribution < 1.29 is 0 Å². The minimum absolute atomic E-state index is 0.563. The first-order valence-electron chi connectivity index (χ1n) is 2.39. The molecule has 1 rings (SSSR count). The van der Waals surface area contributed by atoms with E-state index in [1.807, 2.05) is 6.92 Å². The summed E-state index contributed by atoms with van der Waals surface area (Å²) in [5.74, 6) is 0. The Morgan fingerprint density at radius 3 is 2.88 bits per heavy atom. The third kappa shape index (κ3) is 0.790. The number of hydrogen-bond acceptors (Lipinski definition) is 2. The predicted octanol–water partition coefficient (Wildman–Crippen LogP) is 0.854. The average molecular weight is 128 g/mol. The zero-order chi connectivity index (χ0) is 5.98. The van der Waals surface area contributed by atoms with Crippen LogP contribution in [0, 0.1) is 0 Å². The molecule has 0 fully saturated rings. The van der Waals surface area contributed by atoms with Crippen LogP contribution in [-0.2, 0) is 6.54 Å². The molecule has 0 N–H and O–H groups in total. The Morgan fingerprint density at radius 1 is 1.88 bits per heavy atom. The van der Waals surface area contributed by atoms with Crippen LogP contribution in [0.2, 0.25) is 0 Å². The van der Waals surface area contributed by atoms with Gasteiger partial charge in [0.05, 0.1) is 0 Å². The summed E-state index contributed by atoms with van der Waals surface area (Å²) in [6, 6.07) is 0. The third-order valence-electron chi connectivity index (χ3n) is 0.921. The highest BCUT2D eigenvalue weighted by atomic mass is 32.1. The molecule has 8 heavy (non-hydrogen) atoms. The minimum atomic E-state index is 0.563. The number of aromatic nitrogens is 3. The van der Waals surface area contributed by atoms with Gasteiger partial charge in [-0.2, -0.15) is 0 Å². The van der Waals surface area contributed by atoms with Crippen molar-refractivity contribution in [3.05, 3.63) is 6.33 Å². The molecule has 0 unspecified atom stereocenters. The van der Waals surface area contributed by atoms with Crippen LogP contribution in [0.1, 0.15) is 6.92 Å². The summed E-state index contributed by atoms with van der Waals surface area (Å²) in [6.07, 6.45) is 1.63. The van der Waals surface area contributed by atoms with Gasteiger partial charge in [-0.25, -0.2) is 0 Å². The quantitative estimate of drug-likeness (QED) is 0.561.